The highest BCUT2D eigenvalue weighted by molar-refractivity contribution is 4.33. The summed E-state index contributed by atoms with van der Waals surface area (Å²) in [5, 5.41) is 0. The summed E-state index contributed by atoms with van der Waals surface area (Å²) in [7, 11) is 1.60. The SMILES string of the molecule is CCCC[N]OC(C)OC. The van der Waals surface area contributed by atoms with Gasteiger partial charge in [0.25, 0.3) is 0 Å². The lowest BCUT2D eigenvalue weighted by atomic mass is 10.3. The second kappa shape index (κ2) is 6.99. The maximum absolute atomic E-state index is 4.90. The van der Waals surface area contributed by atoms with Gasteiger partial charge in [0.05, 0.1) is 0 Å². The molecule has 1 atom stereocenters. The fourth-order valence-electron chi connectivity index (χ4n) is 0.423. The van der Waals surface area contributed by atoms with Crippen molar-refractivity contribution in [2.45, 2.75) is 33.0 Å². The van der Waals surface area contributed by atoms with Gasteiger partial charge in [0, 0.05) is 13.7 Å². The molecule has 0 bridgehead atoms. The quantitative estimate of drug-likeness (QED) is 0.321. The van der Waals surface area contributed by atoms with Gasteiger partial charge in [0.15, 0.2) is 6.29 Å². The lowest BCUT2D eigenvalue weighted by molar-refractivity contribution is -0.157. The molecular formula is C7H16NO2. The molecule has 0 rings (SSSR count). The Morgan fingerprint density at radius 3 is 2.70 bits per heavy atom. The van der Waals surface area contributed by atoms with E-state index >= 15 is 0 Å². The molecule has 3 heteroatoms. The predicted octanol–water partition coefficient (Wildman–Crippen LogP) is 1.31. The van der Waals surface area contributed by atoms with Crippen LogP contribution in [0.25, 0.3) is 0 Å². The zero-order valence-electron chi connectivity index (χ0n) is 6.96. The van der Waals surface area contributed by atoms with Crippen LogP contribution in [0, 0.1) is 0 Å². The smallest absolute Gasteiger partial charge is 0.176 e. The van der Waals surface area contributed by atoms with Gasteiger partial charge in [-0.25, -0.2) is 0 Å². The van der Waals surface area contributed by atoms with Crippen molar-refractivity contribution in [3.8, 4) is 0 Å². The summed E-state index contributed by atoms with van der Waals surface area (Å²) in [6.07, 6.45) is 2.02. The van der Waals surface area contributed by atoms with Crippen molar-refractivity contribution in [2.75, 3.05) is 13.7 Å². The molecule has 1 radical (unpaired) electrons. The standard InChI is InChI=1S/C7H16NO2/c1-4-5-6-8-10-7(2)9-3/h7H,4-6H2,1-3H3. The summed E-state index contributed by atoms with van der Waals surface area (Å²) in [5.74, 6) is 0. The molecule has 0 aliphatic rings. The second-order valence-electron chi connectivity index (χ2n) is 2.12. The summed E-state index contributed by atoms with van der Waals surface area (Å²) in [5.41, 5.74) is 3.81. The van der Waals surface area contributed by atoms with E-state index in [0.29, 0.717) is 0 Å². The first-order chi connectivity index (χ1) is 4.81. The van der Waals surface area contributed by atoms with Crippen molar-refractivity contribution in [3.05, 3.63) is 0 Å². The molecule has 0 aromatic rings. The van der Waals surface area contributed by atoms with Crippen LogP contribution in [0.4, 0.5) is 0 Å². The fourth-order valence-corrected chi connectivity index (χ4v) is 0.423. The highest BCUT2D eigenvalue weighted by atomic mass is 16.8. The third-order valence-corrected chi connectivity index (χ3v) is 1.16. The van der Waals surface area contributed by atoms with Crippen molar-refractivity contribution in [3.63, 3.8) is 0 Å². The van der Waals surface area contributed by atoms with Crippen molar-refractivity contribution in [1.82, 2.24) is 5.48 Å². The van der Waals surface area contributed by atoms with Gasteiger partial charge in [0.1, 0.15) is 0 Å². The predicted molar refractivity (Wildman–Crippen MR) is 39.5 cm³/mol. The fraction of sp³-hybridized carbons (Fsp3) is 1.00. The molecule has 0 N–H and O–H groups in total. The summed E-state index contributed by atoms with van der Waals surface area (Å²) in [4.78, 5) is 4.90. The van der Waals surface area contributed by atoms with E-state index in [1.165, 1.54) is 0 Å². The van der Waals surface area contributed by atoms with E-state index < -0.39 is 0 Å². The first-order valence-electron chi connectivity index (χ1n) is 3.66. The minimum Gasteiger partial charge on any atom is -0.354 e. The van der Waals surface area contributed by atoms with E-state index in [0.717, 1.165) is 19.4 Å². The van der Waals surface area contributed by atoms with Crippen molar-refractivity contribution >= 4 is 0 Å². The second-order valence-corrected chi connectivity index (χ2v) is 2.12. The Hall–Kier alpha value is -0.120. The number of hydrogen-bond donors (Lipinski definition) is 0. The van der Waals surface area contributed by atoms with E-state index in [-0.39, 0.29) is 6.29 Å². The minimum absolute atomic E-state index is 0.211. The molecule has 0 aromatic heterocycles. The molecule has 0 aliphatic heterocycles. The Kier molecular flexibility index (Phi) is 6.91. The maximum Gasteiger partial charge on any atom is 0.176 e. The summed E-state index contributed by atoms with van der Waals surface area (Å²) in [6, 6.07) is 0. The van der Waals surface area contributed by atoms with Crippen LogP contribution < -0.4 is 5.48 Å². The van der Waals surface area contributed by atoms with Crippen molar-refractivity contribution < 1.29 is 9.57 Å². The Morgan fingerprint density at radius 1 is 1.50 bits per heavy atom. The van der Waals surface area contributed by atoms with Crippen LogP contribution in [0.3, 0.4) is 0 Å². The van der Waals surface area contributed by atoms with Crippen LogP contribution >= 0.6 is 0 Å². The van der Waals surface area contributed by atoms with Gasteiger partial charge in [-0.1, -0.05) is 18.8 Å². The largest absolute Gasteiger partial charge is 0.354 e. The van der Waals surface area contributed by atoms with Crippen LogP contribution in [-0.4, -0.2) is 19.9 Å². The van der Waals surface area contributed by atoms with Gasteiger partial charge in [-0.3, -0.25) is 4.84 Å². The van der Waals surface area contributed by atoms with Crippen LogP contribution in [-0.2, 0) is 9.57 Å². The molecule has 0 spiro atoms. The first kappa shape index (κ1) is 9.88. The average molecular weight is 146 g/mol. The molecule has 10 heavy (non-hydrogen) atoms. The van der Waals surface area contributed by atoms with Crippen LogP contribution in [0.2, 0.25) is 0 Å². The zero-order chi connectivity index (χ0) is 7.82. The molecule has 0 aliphatic carbocycles. The number of unbranched alkanes of at least 4 members (excludes halogenated alkanes) is 1. The Morgan fingerprint density at radius 2 is 2.20 bits per heavy atom. The van der Waals surface area contributed by atoms with Crippen LogP contribution in [0.15, 0.2) is 0 Å². The molecule has 61 valence electrons. The molecule has 0 aromatic carbocycles. The van der Waals surface area contributed by atoms with Crippen LogP contribution in [0.5, 0.6) is 0 Å². The molecule has 0 saturated carbocycles. The number of hydrogen-bond acceptors (Lipinski definition) is 2. The summed E-state index contributed by atoms with van der Waals surface area (Å²) < 4.78 is 4.81. The zero-order valence-corrected chi connectivity index (χ0v) is 6.96. The van der Waals surface area contributed by atoms with Crippen molar-refractivity contribution in [1.29, 1.82) is 0 Å². The highest BCUT2D eigenvalue weighted by Gasteiger charge is 1.97. The number of ether oxygens (including phenoxy) is 1. The van der Waals surface area contributed by atoms with Crippen LogP contribution in [0.1, 0.15) is 26.7 Å². The third-order valence-electron chi connectivity index (χ3n) is 1.16. The van der Waals surface area contributed by atoms with Gasteiger partial charge in [-0.05, 0) is 13.3 Å². The first-order valence-corrected chi connectivity index (χ1v) is 3.66. The topological polar surface area (TPSA) is 32.6 Å². The number of nitrogens with zero attached hydrogens (tertiary/aromatic N) is 1. The van der Waals surface area contributed by atoms with E-state index in [9.17, 15) is 0 Å². The molecular weight excluding hydrogens is 130 g/mol. The van der Waals surface area contributed by atoms with Crippen molar-refractivity contribution in [2.24, 2.45) is 0 Å². The van der Waals surface area contributed by atoms with Gasteiger partial charge in [0.2, 0.25) is 0 Å². The molecule has 3 nitrogen and oxygen atoms in total. The van der Waals surface area contributed by atoms with Gasteiger partial charge in [-0.15, -0.1) is 0 Å². The third kappa shape index (κ3) is 6.01. The van der Waals surface area contributed by atoms with Gasteiger partial charge in [-0.2, -0.15) is 0 Å². The normalized spacial score (nSPS) is 13.5. The number of methoxy groups -OCH3 is 1. The molecule has 0 fully saturated rings. The lowest BCUT2D eigenvalue weighted by Gasteiger charge is -2.07. The minimum atomic E-state index is -0.211. The number of rotatable bonds is 6. The number of hydroxylamine groups is 1. The molecule has 1 unspecified atom stereocenters. The van der Waals surface area contributed by atoms with E-state index in [1.54, 1.807) is 7.11 Å². The summed E-state index contributed by atoms with van der Waals surface area (Å²) >= 11 is 0. The van der Waals surface area contributed by atoms with E-state index in [2.05, 4.69) is 12.4 Å². The molecule has 0 heterocycles. The Bertz CT molecular complexity index is 68.6. The van der Waals surface area contributed by atoms with Gasteiger partial charge < -0.3 is 4.74 Å². The van der Waals surface area contributed by atoms with Gasteiger partial charge >= 0.3 is 0 Å². The van der Waals surface area contributed by atoms with E-state index in [4.69, 9.17) is 9.57 Å². The lowest BCUT2D eigenvalue weighted by Crippen LogP contribution is -2.17. The summed E-state index contributed by atoms with van der Waals surface area (Å²) in [6.45, 7) is 4.70. The Labute approximate surface area is 62.7 Å². The molecule has 0 amide bonds. The van der Waals surface area contributed by atoms with E-state index in [1.807, 2.05) is 6.92 Å². The monoisotopic (exact) mass is 146 g/mol. The Balaban J connectivity index is 2.89. The highest BCUT2D eigenvalue weighted by Crippen LogP contribution is 1.89. The molecule has 0 saturated heterocycles. The average Bonchev–Trinajstić information content (AvgIpc) is 1.98. The maximum atomic E-state index is 4.90.